The summed E-state index contributed by atoms with van der Waals surface area (Å²) in [4.78, 5) is 23.0. The SMILES string of the molecule is CCCCCCOC1CC(C)(C)N(c2nc(N(CC(C)C)CC(C)C)nc(N(CC(C)C)CC(C)C)n2)C(C)(C)C1. The average molecular weight is 575 g/mol. The van der Waals surface area contributed by atoms with Crippen molar-refractivity contribution in [3.8, 4) is 0 Å². The maximum absolute atomic E-state index is 6.49. The van der Waals surface area contributed by atoms with Gasteiger partial charge in [0.2, 0.25) is 17.8 Å². The van der Waals surface area contributed by atoms with Crippen molar-refractivity contribution in [2.45, 2.75) is 146 Å². The molecule has 1 aromatic rings. The Morgan fingerprint density at radius 3 is 1.46 bits per heavy atom. The van der Waals surface area contributed by atoms with Gasteiger partial charge >= 0.3 is 0 Å². The van der Waals surface area contributed by atoms with Crippen LogP contribution in [0.2, 0.25) is 0 Å². The van der Waals surface area contributed by atoms with Crippen molar-refractivity contribution >= 4 is 17.8 Å². The van der Waals surface area contributed by atoms with Gasteiger partial charge in [-0.3, -0.25) is 0 Å². The molecule has 2 heterocycles. The molecule has 2 rings (SSSR count). The fourth-order valence-corrected chi connectivity index (χ4v) is 6.59. The number of hydrogen-bond donors (Lipinski definition) is 0. The first kappa shape index (κ1) is 35.6. The molecule has 0 spiro atoms. The minimum atomic E-state index is -0.159. The molecule has 238 valence electrons. The zero-order valence-corrected chi connectivity index (χ0v) is 29.3. The Morgan fingerprint density at radius 2 is 1.10 bits per heavy atom. The summed E-state index contributed by atoms with van der Waals surface area (Å²) in [5, 5.41) is 0. The summed E-state index contributed by atoms with van der Waals surface area (Å²) >= 11 is 0. The lowest BCUT2D eigenvalue weighted by atomic mass is 9.78. The number of nitrogens with zero attached hydrogens (tertiary/aromatic N) is 6. The van der Waals surface area contributed by atoms with Gasteiger partial charge in [0.25, 0.3) is 0 Å². The van der Waals surface area contributed by atoms with Crippen LogP contribution >= 0.6 is 0 Å². The van der Waals surface area contributed by atoms with Gasteiger partial charge in [0.15, 0.2) is 0 Å². The van der Waals surface area contributed by atoms with Crippen LogP contribution in [0.5, 0.6) is 0 Å². The molecule has 7 nitrogen and oxygen atoms in total. The number of anilines is 3. The van der Waals surface area contributed by atoms with E-state index < -0.39 is 0 Å². The summed E-state index contributed by atoms with van der Waals surface area (Å²) in [6.45, 7) is 34.4. The largest absolute Gasteiger partial charge is 0.378 e. The Labute approximate surface area is 254 Å². The third-order valence-corrected chi connectivity index (χ3v) is 7.72. The van der Waals surface area contributed by atoms with Crippen molar-refractivity contribution in [2.24, 2.45) is 23.7 Å². The van der Waals surface area contributed by atoms with E-state index in [2.05, 4.69) is 105 Å². The van der Waals surface area contributed by atoms with Gasteiger partial charge < -0.3 is 19.4 Å². The Morgan fingerprint density at radius 1 is 0.683 bits per heavy atom. The lowest BCUT2D eigenvalue weighted by molar-refractivity contribution is -0.00887. The van der Waals surface area contributed by atoms with Crippen molar-refractivity contribution in [1.29, 1.82) is 0 Å². The third kappa shape index (κ3) is 11.2. The van der Waals surface area contributed by atoms with Crippen LogP contribution in [0.3, 0.4) is 0 Å². The van der Waals surface area contributed by atoms with Crippen molar-refractivity contribution in [3.05, 3.63) is 0 Å². The molecular formula is C34H66N6O. The molecule has 0 N–H and O–H groups in total. The molecule has 0 unspecified atom stereocenters. The summed E-state index contributed by atoms with van der Waals surface area (Å²) in [6, 6.07) is 0. The minimum Gasteiger partial charge on any atom is -0.378 e. The van der Waals surface area contributed by atoms with Crippen LogP contribution in [0.25, 0.3) is 0 Å². The monoisotopic (exact) mass is 575 g/mol. The smallest absolute Gasteiger partial charge is 0.232 e. The van der Waals surface area contributed by atoms with E-state index in [1.165, 1.54) is 19.3 Å². The topological polar surface area (TPSA) is 57.6 Å². The highest BCUT2D eigenvalue weighted by atomic mass is 16.5. The van der Waals surface area contributed by atoms with Gasteiger partial charge in [0, 0.05) is 43.9 Å². The van der Waals surface area contributed by atoms with Gasteiger partial charge in [-0.2, -0.15) is 15.0 Å². The van der Waals surface area contributed by atoms with E-state index in [4.69, 9.17) is 19.7 Å². The molecule has 1 aliphatic heterocycles. The molecule has 0 aromatic carbocycles. The summed E-state index contributed by atoms with van der Waals surface area (Å²) in [7, 11) is 0. The molecule has 41 heavy (non-hydrogen) atoms. The molecule has 0 saturated carbocycles. The molecule has 0 bridgehead atoms. The predicted molar refractivity (Wildman–Crippen MR) is 177 cm³/mol. The maximum atomic E-state index is 6.49. The summed E-state index contributed by atoms with van der Waals surface area (Å²) in [5.74, 6) is 4.47. The van der Waals surface area contributed by atoms with Gasteiger partial charge in [-0.1, -0.05) is 81.6 Å². The highest BCUT2D eigenvalue weighted by Crippen LogP contribution is 2.42. The molecule has 0 amide bonds. The summed E-state index contributed by atoms with van der Waals surface area (Å²) in [6.07, 6.45) is 7.12. The van der Waals surface area contributed by atoms with Crippen molar-refractivity contribution in [1.82, 2.24) is 15.0 Å². The number of piperidine rings is 1. The Hall–Kier alpha value is -1.63. The van der Waals surface area contributed by atoms with Crippen molar-refractivity contribution in [3.63, 3.8) is 0 Å². The zero-order chi connectivity index (χ0) is 31.0. The van der Waals surface area contributed by atoms with Gasteiger partial charge in [0.05, 0.1) is 6.10 Å². The molecule has 1 fully saturated rings. The van der Waals surface area contributed by atoms with Gasteiger partial charge in [-0.05, 0) is 70.6 Å². The second-order valence-corrected chi connectivity index (χ2v) is 15.5. The number of rotatable bonds is 17. The lowest BCUT2D eigenvalue weighted by Gasteiger charge is -2.55. The van der Waals surface area contributed by atoms with Crippen LogP contribution in [0.15, 0.2) is 0 Å². The molecule has 7 heteroatoms. The minimum absolute atomic E-state index is 0.159. The van der Waals surface area contributed by atoms with E-state index in [1.54, 1.807) is 0 Å². The quantitative estimate of drug-likeness (QED) is 0.174. The second kappa shape index (κ2) is 15.7. The Balaban J connectivity index is 2.56. The summed E-state index contributed by atoms with van der Waals surface area (Å²) < 4.78 is 6.49. The molecule has 1 aromatic heterocycles. The molecule has 0 radical (unpaired) electrons. The molecular weight excluding hydrogens is 508 g/mol. The van der Waals surface area contributed by atoms with E-state index in [1.807, 2.05) is 0 Å². The van der Waals surface area contributed by atoms with Gasteiger partial charge in [-0.15, -0.1) is 0 Å². The van der Waals surface area contributed by atoms with Crippen molar-refractivity contribution in [2.75, 3.05) is 47.5 Å². The Bertz CT molecular complexity index is 817. The van der Waals surface area contributed by atoms with E-state index >= 15 is 0 Å². The number of ether oxygens (including phenoxy) is 1. The maximum Gasteiger partial charge on any atom is 0.232 e. The van der Waals surface area contributed by atoms with Crippen molar-refractivity contribution < 1.29 is 4.74 Å². The summed E-state index contributed by atoms with van der Waals surface area (Å²) in [5.41, 5.74) is -0.318. The van der Waals surface area contributed by atoms with E-state index in [9.17, 15) is 0 Å². The second-order valence-electron chi connectivity index (χ2n) is 15.5. The van der Waals surface area contributed by atoms with Crippen LogP contribution in [-0.2, 0) is 4.74 Å². The van der Waals surface area contributed by atoms with Gasteiger partial charge in [-0.25, -0.2) is 0 Å². The normalized spacial score (nSPS) is 17.3. The number of aromatic nitrogens is 3. The van der Waals surface area contributed by atoms with E-state index in [0.29, 0.717) is 23.7 Å². The first-order chi connectivity index (χ1) is 19.1. The highest BCUT2D eigenvalue weighted by Gasteiger charge is 2.47. The molecule has 0 aliphatic carbocycles. The van der Waals surface area contributed by atoms with Crippen LogP contribution in [-0.4, -0.2) is 64.9 Å². The third-order valence-electron chi connectivity index (χ3n) is 7.72. The van der Waals surface area contributed by atoms with Crippen LogP contribution in [0, 0.1) is 23.7 Å². The fraction of sp³-hybridized carbons (Fsp3) is 0.912. The first-order valence-corrected chi connectivity index (χ1v) is 16.7. The van der Waals surface area contributed by atoms with E-state index in [0.717, 1.165) is 69.9 Å². The number of unbranched alkanes of at least 4 members (excludes halogenated alkanes) is 3. The molecule has 1 aliphatic rings. The van der Waals surface area contributed by atoms with Crippen LogP contribution in [0.4, 0.5) is 17.8 Å². The predicted octanol–water partition coefficient (Wildman–Crippen LogP) is 8.23. The Kier molecular flexibility index (Phi) is 13.6. The fourth-order valence-electron chi connectivity index (χ4n) is 6.59. The van der Waals surface area contributed by atoms with E-state index in [-0.39, 0.29) is 17.2 Å². The molecule has 0 atom stereocenters. The first-order valence-electron chi connectivity index (χ1n) is 16.7. The zero-order valence-electron chi connectivity index (χ0n) is 29.3. The number of hydrogen-bond acceptors (Lipinski definition) is 7. The highest BCUT2D eigenvalue weighted by molar-refractivity contribution is 5.50. The lowest BCUT2D eigenvalue weighted by Crippen LogP contribution is -2.63. The average Bonchev–Trinajstić information content (AvgIpc) is 2.80. The van der Waals surface area contributed by atoms with Crippen LogP contribution < -0.4 is 14.7 Å². The standard InChI is InChI=1S/C34H66N6O/c1-14-15-16-17-18-41-29-19-33(10,11)40(34(12,13)20-29)32-36-30(38(21-25(2)3)22-26(4)5)35-31(37-32)39(23-27(6)7)24-28(8)9/h25-29H,14-24H2,1-13H3. The van der Waals surface area contributed by atoms with Gasteiger partial charge in [0.1, 0.15) is 0 Å². The van der Waals surface area contributed by atoms with Crippen LogP contribution in [0.1, 0.15) is 129 Å². The molecule has 1 saturated heterocycles.